The summed E-state index contributed by atoms with van der Waals surface area (Å²) in [5.74, 6) is -2.86. The van der Waals surface area contributed by atoms with Gasteiger partial charge in [0.05, 0.1) is 36.5 Å². The van der Waals surface area contributed by atoms with Crippen LogP contribution >= 0.6 is 0 Å². The molecular weight excluding hydrogens is 732 g/mol. The topological polar surface area (TPSA) is 167 Å². The van der Waals surface area contributed by atoms with E-state index in [2.05, 4.69) is 50.7 Å². The predicted molar refractivity (Wildman–Crippen MR) is 211 cm³/mol. The molecule has 4 heterocycles. The van der Waals surface area contributed by atoms with Gasteiger partial charge in [0, 0.05) is 42.3 Å². The van der Waals surface area contributed by atoms with Crippen LogP contribution in [0.3, 0.4) is 0 Å². The number of halogens is 1. The van der Waals surface area contributed by atoms with Crippen molar-refractivity contribution in [2.24, 2.45) is 0 Å². The molecule has 2 aliphatic rings. The van der Waals surface area contributed by atoms with Gasteiger partial charge in [-0.15, -0.1) is 0 Å². The lowest BCUT2D eigenvalue weighted by molar-refractivity contribution is 0.0902. The number of carbonyl (C=O) groups excluding carboxylic acids is 2. The third kappa shape index (κ3) is 6.84. The molecule has 15 heteroatoms. The van der Waals surface area contributed by atoms with Crippen LogP contribution in [0.4, 0.5) is 4.39 Å². The molecule has 6 aromatic rings. The third-order valence-corrected chi connectivity index (χ3v) is 11.9. The molecule has 57 heavy (non-hydrogen) atoms. The Morgan fingerprint density at radius 1 is 0.860 bits per heavy atom. The smallest absolute Gasteiger partial charge is 0.278 e. The van der Waals surface area contributed by atoms with Crippen molar-refractivity contribution >= 4 is 33.6 Å². The normalized spacial score (nSPS) is 16.0. The van der Waals surface area contributed by atoms with Crippen LogP contribution in [0, 0.1) is 5.82 Å². The number of nitrogens with zero attached hydrogens (tertiary/aromatic N) is 6. The Labute approximate surface area is 326 Å². The number of carbonyl (C=O) groups is 2. The SMILES string of the molecule is CCn1cc(C2(Cn3cc(OCNC(=O)c4nn(CC5(n6ccc7ccc(F)cc76)CCCC5)cc(O)c4=O)c(=O)c(C(=O)NC)n3)CCCC2)c2ccccc21. The molecule has 2 aromatic carbocycles. The Bertz CT molecular complexity index is 2630. The van der Waals surface area contributed by atoms with E-state index in [9.17, 15) is 28.7 Å². The number of rotatable bonds is 12. The average Bonchev–Trinajstić information content (AvgIpc) is 4.03. The van der Waals surface area contributed by atoms with Gasteiger partial charge in [-0.2, -0.15) is 10.2 Å². The van der Waals surface area contributed by atoms with Gasteiger partial charge in [0.25, 0.3) is 22.7 Å². The number of benzene rings is 2. The van der Waals surface area contributed by atoms with Crippen molar-refractivity contribution in [1.29, 1.82) is 0 Å². The quantitative estimate of drug-likeness (QED) is 0.143. The maximum Gasteiger partial charge on any atom is 0.278 e. The van der Waals surface area contributed by atoms with Crippen LogP contribution in [0.25, 0.3) is 21.8 Å². The first-order valence-electron chi connectivity index (χ1n) is 19.5. The summed E-state index contributed by atoms with van der Waals surface area (Å²) in [5.41, 5.74) is -0.494. The molecule has 2 amide bonds. The van der Waals surface area contributed by atoms with Gasteiger partial charge in [0.2, 0.25) is 0 Å². The molecule has 0 unspecified atom stereocenters. The molecule has 8 rings (SSSR count). The van der Waals surface area contributed by atoms with Gasteiger partial charge in [-0.05, 0) is 73.9 Å². The fraction of sp³-hybridized carbons (Fsp3) is 0.381. The van der Waals surface area contributed by atoms with E-state index in [0.717, 1.165) is 79.7 Å². The zero-order chi connectivity index (χ0) is 39.9. The van der Waals surface area contributed by atoms with Crippen LogP contribution in [-0.2, 0) is 30.6 Å². The summed E-state index contributed by atoms with van der Waals surface area (Å²) >= 11 is 0. The van der Waals surface area contributed by atoms with Gasteiger partial charge in [0.1, 0.15) is 5.82 Å². The van der Waals surface area contributed by atoms with Gasteiger partial charge < -0.3 is 29.6 Å². The van der Waals surface area contributed by atoms with Crippen LogP contribution in [-0.4, -0.2) is 59.4 Å². The van der Waals surface area contributed by atoms with Crippen molar-refractivity contribution in [2.75, 3.05) is 13.8 Å². The first kappa shape index (κ1) is 37.7. The highest BCUT2D eigenvalue weighted by molar-refractivity contribution is 5.93. The Morgan fingerprint density at radius 3 is 2.30 bits per heavy atom. The number of para-hydroxylation sites is 1. The van der Waals surface area contributed by atoms with E-state index in [1.807, 2.05) is 29.0 Å². The van der Waals surface area contributed by atoms with Crippen molar-refractivity contribution in [1.82, 2.24) is 39.3 Å². The summed E-state index contributed by atoms with van der Waals surface area (Å²) in [5, 5.41) is 26.5. The lowest BCUT2D eigenvalue weighted by Gasteiger charge is -2.32. The van der Waals surface area contributed by atoms with Gasteiger partial charge in [-0.3, -0.25) is 28.5 Å². The van der Waals surface area contributed by atoms with E-state index in [1.54, 1.807) is 10.7 Å². The summed E-state index contributed by atoms with van der Waals surface area (Å²) < 4.78 is 27.3. The minimum Gasteiger partial charge on any atom is -0.503 e. The summed E-state index contributed by atoms with van der Waals surface area (Å²) in [7, 11) is 1.41. The van der Waals surface area contributed by atoms with Gasteiger partial charge in [0.15, 0.2) is 29.6 Å². The molecule has 3 N–H and O–H groups in total. The molecular formula is C42H45FN8O6. The molecule has 0 aliphatic heterocycles. The second-order valence-corrected chi connectivity index (χ2v) is 15.3. The monoisotopic (exact) mass is 776 g/mol. The van der Waals surface area contributed by atoms with E-state index < -0.39 is 46.4 Å². The van der Waals surface area contributed by atoms with Crippen LogP contribution in [0.5, 0.6) is 11.5 Å². The second-order valence-electron chi connectivity index (χ2n) is 15.3. The lowest BCUT2D eigenvalue weighted by Crippen LogP contribution is -2.38. The number of fused-ring (bicyclic) bond motifs is 2. The Balaban J connectivity index is 1.04. The number of aromatic hydroxyl groups is 1. The molecule has 2 fully saturated rings. The first-order valence-corrected chi connectivity index (χ1v) is 19.5. The fourth-order valence-corrected chi connectivity index (χ4v) is 9.11. The highest BCUT2D eigenvalue weighted by Gasteiger charge is 2.40. The maximum absolute atomic E-state index is 14.3. The maximum atomic E-state index is 14.3. The van der Waals surface area contributed by atoms with E-state index in [4.69, 9.17) is 4.74 Å². The number of aryl methyl sites for hydroxylation is 1. The second kappa shape index (κ2) is 15.0. The standard InChI is InChI=1S/C42H45FN8O6/c1-3-48-21-30(29-10-4-5-11-31(29)48)41(15-6-7-16-41)24-50-23-34(38(54)36(47-50)39(55)44-2)57-26-45-40(56)35-37(53)33(52)22-49(46-35)25-42(17-8-9-18-42)51-19-14-27-12-13-28(43)20-32(27)51/h4-5,10-14,19-23,52H,3,6-9,15-18,24-26H2,1-2H3,(H,44,55)(H,45,56). The largest absolute Gasteiger partial charge is 0.503 e. The average molecular weight is 777 g/mol. The van der Waals surface area contributed by atoms with Crippen LogP contribution in [0.15, 0.2) is 82.9 Å². The number of aromatic nitrogens is 6. The van der Waals surface area contributed by atoms with Gasteiger partial charge >= 0.3 is 0 Å². The van der Waals surface area contributed by atoms with Crippen LogP contribution in [0.1, 0.15) is 84.8 Å². The zero-order valence-electron chi connectivity index (χ0n) is 32.0. The number of nitrogens with one attached hydrogen (secondary N) is 2. The molecule has 2 saturated carbocycles. The highest BCUT2D eigenvalue weighted by atomic mass is 19.1. The van der Waals surface area contributed by atoms with E-state index in [-0.39, 0.29) is 29.2 Å². The molecule has 0 bridgehead atoms. The van der Waals surface area contributed by atoms with E-state index in [0.29, 0.717) is 6.54 Å². The molecule has 296 valence electrons. The molecule has 4 aromatic heterocycles. The molecule has 0 atom stereocenters. The lowest BCUT2D eigenvalue weighted by atomic mass is 9.78. The van der Waals surface area contributed by atoms with Crippen molar-refractivity contribution < 1.29 is 23.8 Å². The first-order chi connectivity index (χ1) is 27.5. The highest BCUT2D eigenvalue weighted by Crippen LogP contribution is 2.46. The Kier molecular flexibility index (Phi) is 9.92. The van der Waals surface area contributed by atoms with E-state index in [1.165, 1.54) is 41.8 Å². The minimum atomic E-state index is -0.975. The number of amides is 2. The predicted octanol–water partition coefficient (Wildman–Crippen LogP) is 5.18. The summed E-state index contributed by atoms with van der Waals surface area (Å²) in [4.78, 5) is 52.9. The fourth-order valence-electron chi connectivity index (χ4n) is 9.11. The molecule has 0 saturated heterocycles. The number of hydrogen-bond donors (Lipinski definition) is 3. The van der Waals surface area contributed by atoms with Gasteiger partial charge in [-0.1, -0.05) is 43.9 Å². The third-order valence-electron chi connectivity index (χ3n) is 11.9. The van der Waals surface area contributed by atoms with E-state index >= 15 is 0 Å². The van der Waals surface area contributed by atoms with Crippen molar-refractivity contribution in [2.45, 2.75) is 88.9 Å². The molecule has 0 radical (unpaired) electrons. The summed E-state index contributed by atoms with van der Waals surface area (Å²) in [6.45, 7) is 2.93. The molecule has 14 nitrogen and oxygen atoms in total. The van der Waals surface area contributed by atoms with Crippen LogP contribution in [0.2, 0.25) is 0 Å². The Morgan fingerprint density at radius 2 is 1.56 bits per heavy atom. The zero-order valence-corrected chi connectivity index (χ0v) is 32.0. The van der Waals surface area contributed by atoms with Crippen molar-refractivity contribution in [3.05, 3.63) is 117 Å². The molecule has 0 spiro atoms. The van der Waals surface area contributed by atoms with Crippen LogP contribution < -0.4 is 26.2 Å². The van der Waals surface area contributed by atoms with Crippen molar-refractivity contribution in [3.8, 4) is 11.5 Å². The minimum absolute atomic E-state index is 0.206. The van der Waals surface area contributed by atoms with Gasteiger partial charge in [-0.25, -0.2) is 4.39 Å². The molecule has 2 aliphatic carbocycles. The number of ether oxygens (including phenoxy) is 1. The summed E-state index contributed by atoms with van der Waals surface area (Å²) in [6, 6.07) is 14.8. The Hall–Kier alpha value is -6.25. The van der Waals surface area contributed by atoms with Crippen molar-refractivity contribution in [3.63, 3.8) is 0 Å². The summed E-state index contributed by atoms with van der Waals surface area (Å²) in [6.07, 6.45) is 13.8. The number of hydrogen-bond acceptors (Lipinski definition) is 8.